The molecule has 1 aliphatic heterocycles. The Labute approximate surface area is 130 Å². The molecule has 1 N–H and O–H groups in total. The average molecular weight is 296 g/mol. The Morgan fingerprint density at radius 2 is 2.00 bits per heavy atom. The van der Waals surface area contributed by atoms with Crippen molar-refractivity contribution in [2.75, 3.05) is 18.2 Å². The van der Waals surface area contributed by atoms with Gasteiger partial charge in [-0.15, -0.1) is 0 Å². The lowest BCUT2D eigenvalue weighted by Gasteiger charge is -2.18. The van der Waals surface area contributed by atoms with Gasteiger partial charge in [-0.1, -0.05) is 24.3 Å². The summed E-state index contributed by atoms with van der Waals surface area (Å²) in [5, 5.41) is 2.81. The second-order valence-corrected chi connectivity index (χ2v) is 5.55. The number of anilines is 1. The van der Waals surface area contributed by atoms with Gasteiger partial charge >= 0.3 is 6.03 Å². The van der Waals surface area contributed by atoms with Gasteiger partial charge in [0.25, 0.3) is 0 Å². The van der Waals surface area contributed by atoms with Crippen molar-refractivity contribution in [1.82, 2.24) is 5.32 Å². The number of amides is 2. The van der Waals surface area contributed by atoms with Crippen molar-refractivity contribution >= 4 is 11.7 Å². The SMILES string of the molecule is Cc1ccc(OCNC(=O)N2CCc3ccccc32)cc1C. The topological polar surface area (TPSA) is 41.6 Å². The molecule has 0 atom stereocenters. The molecule has 2 aromatic carbocycles. The van der Waals surface area contributed by atoms with E-state index in [2.05, 4.69) is 18.3 Å². The summed E-state index contributed by atoms with van der Waals surface area (Å²) in [7, 11) is 0. The number of fused-ring (bicyclic) bond motifs is 1. The smallest absolute Gasteiger partial charge is 0.324 e. The van der Waals surface area contributed by atoms with Gasteiger partial charge in [0.15, 0.2) is 6.73 Å². The number of urea groups is 1. The number of nitrogens with zero attached hydrogens (tertiary/aromatic N) is 1. The van der Waals surface area contributed by atoms with E-state index in [1.807, 2.05) is 43.3 Å². The van der Waals surface area contributed by atoms with Crippen LogP contribution in [0, 0.1) is 13.8 Å². The fourth-order valence-electron chi connectivity index (χ4n) is 2.63. The van der Waals surface area contributed by atoms with E-state index in [4.69, 9.17) is 4.74 Å². The summed E-state index contributed by atoms with van der Waals surface area (Å²) in [6.07, 6.45) is 0.904. The molecule has 0 aromatic heterocycles. The van der Waals surface area contributed by atoms with E-state index in [-0.39, 0.29) is 12.8 Å². The molecule has 114 valence electrons. The highest BCUT2D eigenvalue weighted by molar-refractivity contribution is 5.94. The first kappa shape index (κ1) is 14.4. The fourth-order valence-corrected chi connectivity index (χ4v) is 2.63. The largest absolute Gasteiger partial charge is 0.473 e. The predicted molar refractivity (Wildman–Crippen MR) is 87.4 cm³/mol. The van der Waals surface area contributed by atoms with Gasteiger partial charge in [-0.25, -0.2) is 4.79 Å². The van der Waals surface area contributed by atoms with Crippen molar-refractivity contribution in [3.63, 3.8) is 0 Å². The van der Waals surface area contributed by atoms with Gasteiger partial charge in [-0.05, 0) is 55.2 Å². The van der Waals surface area contributed by atoms with Crippen molar-refractivity contribution in [2.45, 2.75) is 20.3 Å². The minimum absolute atomic E-state index is 0.117. The van der Waals surface area contributed by atoms with Crippen molar-refractivity contribution in [3.8, 4) is 5.75 Å². The number of ether oxygens (including phenoxy) is 1. The molecule has 4 heteroatoms. The highest BCUT2D eigenvalue weighted by atomic mass is 16.5. The van der Waals surface area contributed by atoms with Gasteiger partial charge in [0.2, 0.25) is 0 Å². The van der Waals surface area contributed by atoms with Crippen LogP contribution in [0.15, 0.2) is 42.5 Å². The van der Waals surface area contributed by atoms with Gasteiger partial charge in [-0.3, -0.25) is 4.90 Å². The number of hydrogen-bond donors (Lipinski definition) is 1. The summed E-state index contributed by atoms with van der Waals surface area (Å²) >= 11 is 0. The number of benzene rings is 2. The highest BCUT2D eigenvalue weighted by Crippen LogP contribution is 2.27. The molecule has 0 unspecified atom stereocenters. The Balaban J connectivity index is 1.56. The molecule has 0 fully saturated rings. The summed E-state index contributed by atoms with van der Waals surface area (Å²) in [5.74, 6) is 0.769. The first-order chi connectivity index (χ1) is 10.6. The van der Waals surface area contributed by atoms with Gasteiger partial charge in [0.05, 0.1) is 0 Å². The molecule has 0 saturated carbocycles. The minimum Gasteiger partial charge on any atom is -0.473 e. The molecule has 22 heavy (non-hydrogen) atoms. The first-order valence-corrected chi connectivity index (χ1v) is 7.48. The van der Waals surface area contributed by atoms with Crippen LogP contribution in [-0.2, 0) is 6.42 Å². The summed E-state index contributed by atoms with van der Waals surface area (Å²) in [6.45, 7) is 4.99. The van der Waals surface area contributed by atoms with Crippen molar-refractivity contribution in [2.24, 2.45) is 0 Å². The van der Waals surface area contributed by atoms with E-state index in [9.17, 15) is 4.79 Å². The summed E-state index contributed by atoms with van der Waals surface area (Å²) in [5.41, 5.74) is 4.61. The van der Waals surface area contributed by atoms with Crippen LogP contribution < -0.4 is 15.0 Å². The Kier molecular flexibility index (Phi) is 4.00. The van der Waals surface area contributed by atoms with Crippen molar-refractivity contribution in [1.29, 1.82) is 0 Å². The van der Waals surface area contributed by atoms with Crippen LogP contribution >= 0.6 is 0 Å². The lowest BCUT2D eigenvalue weighted by molar-refractivity contribution is 0.229. The number of para-hydroxylation sites is 1. The fraction of sp³-hybridized carbons (Fsp3) is 0.278. The predicted octanol–water partition coefficient (Wildman–Crippen LogP) is 3.41. The van der Waals surface area contributed by atoms with Crippen LogP contribution in [-0.4, -0.2) is 19.3 Å². The van der Waals surface area contributed by atoms with Gasteiger partial charge in [0.1, 0.15) is 5.75 Å². The van der Waals surface area contributed by atoms with Gasteiger partial charge in [0, 0.05) is 12.2 Å². The Bertz CT molecular complexity index is 697. The summed E-state index contributed by atoms with van der Waals surface area (Å²) in [6, 6.07) is 13.8. The van der Waals surface area contributed by atoms with Crippen molar-refractivity contribution in [3.05, 3.63) is 59.2 Å². The third-order valence-electron chi connectivity index (χ3n) is 4.07. The molecule has 4 nitrogen and oxygen atoms in total. The molecule has 2 amide bonds. The summed E-state index contributed by atoms with van der Waals surface area (Å²) < 4.78 is 5.60. The minimum atomic E-state index is -0.117. The number of rotatable bonds is 3. The van der Waals surface area contributed by atoms with Crippen molar-refractivity contribution < 1.29 is 9.53 Å². The molecule has 0 saturated heterocycles. The van der Waals surface area contributed by atoms with Crippen LogP contribution in [0.3, 0.4) is 0 Å². The van der Waals surface area contributed by atoms with Crippen LogP contribution in [0.2, 0.25) is 0 Å². The van der Waals surface area contributed by atoms with E-state index in [1.54, 1.807) is 4.90 Å². The molecule has 1 heterocycles. The number of carbonyl (C=O) groups is 1. The van der Waals surface area contributed by atoms with Crippen LogP contribution in [0.1, 0.15) is 16.7 Å². The van der Waals surface area contributed by atoms with Crippen LogP contribution in [0.4, 0.5) is 10.5 Å². The van der Waals surface area contributed by atoms with E-state index >= 15 is 0 Å². The zero-order valence-corrected chi connectivity index (χ0v) is 12.9. The highest BCUT2D eigenvalue weighted by Gasteiger charge is 2.23. The van der Waals surface area contributed by atoms with E-state index < -0.39 is 0 Å². The zero-order valence-electron chi connectivity index (χ0n) is 12.9. The van der Waals surface area contributed by atoms with Gasteiger partial charge in [-0.2, -0.15) is 0 Å². The van der Waals surface area contributed by atoms with Crippen LogP contribution in [0.25, 0.3) is 0 Å². The van der Waals surface area contributed by atoms with Gasteiger partial charge < -0.3 is 10.1 Å². The zero-order chi connectivity index (χ0) is 15.5. The second-order valence-electron chi connectivity index (χ2n) is 5.55. The Hall–Kier alpha value is -2.49. The molecule has 2 aromatic rings. The number of carbonyl (C=O) groups excluding carboxylic acids is 1. The monoisotopic (exact) mass is 296 g/mol. The normalized spacial score (nSPS) is 12.9. The Morgan fingerprint density at radius 1 is 1.18 bits per heavy atom. The molecule has 0 aliphatic carbocycles. The quantitative estimate of drug-likeness (QED) is 0.882. The summed E-state index contributed by atoms with van der Waals surface area (Å²) in [4.78, 5) is 14.0. The number of aryl methyl sites for hydroxylation is 2. The van der Waals surface area contributed by atoms with E-state index in [0.717, 1.165) is 24.4 Å². The average Bonchev–Trinajstić information content (AvgIpc) is 2.95. The number of hydrogen-bond acceptors (Lipinski definition) is 2. The molecule has 3 rings (SSSR count). The molecular weight excluding hydrogens is 276 g/mol. The lowest BCUT2D eigenvalue weighted by atomic mass is 10.1. The van der Waals surface area contributed by atoms with E-state index in [1.165, 1.54) is 16.7 Å². The molecule has 0 radical (unpaired) electrons. The molecular formula is C18H20N2O2. The maximum atomic E-state index is 12.3. The van der Waals surface area contributed by atoms with E-state index in [0.29, 0.717) is 0 Å². The number of nitrogens with one attached hydrogen (secondary N) is 1. The lowest BCUT2D eigenvalue weighted by Crippen LogP contribution is -2.40. The maximum absolute atomic E-state index is 12.3. The van der Waals surface area contributed by atoms with Crippen LogP contribution in [0.5, 0.6) is 5.75 Å². The second kappa shape index (κ2) is 6.10. The first-order valence-electron chi connectivity index (χ1n) is 7.48. The molecule has 0 spiro atoms. The Morgan fingerprint density at radius 3 is 2.82 bits per heavy atom. The standard InChI is InChI=1S/C18H20N2O2/c1-13-7-8-16(11-14(13)2)22-12-19-18(21)20-10-9-15-5-3-4-6-17(15)20/h3-8,11H,9-10,12H2,1-2H3,(H,19,21). The molecule has 0 bridgehead atoms. The molecule has 1 aliphatic rings. The third-order valence-corrected chi connectivity index (χ3v) is 4.07. The third kappa shape index (κ3) is 2.91. The maximum Gasteiger partial charge on any atom is 0.324 e.